The molecule has 0 radical (unpaired) electrons. The van der Waals surface area contributed by atoms with Gasteiger partial charge in [-0.2, -0.15) is 13.2 Å². The van der Waals surface area contributed by atoms with E-state index in [1.54, 1.807) is 23.3 Å². The number of aliphatic imine (C=N–C) groups is 1. The first-order chi connectivity index (χ1) is 20.5. The maximum atomic E-state index is 15.6. The van der Waals surface area contributed by atoms with Crippen LogP contribution in [0.2, 0.25) is 0 Å². The van der Waals surface area contributed by atoms with E-state index in [-0.39, 0.29) is 35.4 Å². The van der Waals surface area contributed by atoms with Gasteiger partial charge in [0.2, 0.25) is 0 Å². The van der Waals surface area contributed by atoms with Crippen LogP contribution in [0.25, 0.3) is 17.0 Å². The van der Waals surface area contributed by atoms with E-state index in [9.17, 15) is 22.8 Å². The van der Waals surface area contributed by atoms with E-state index in [2.05, 4.69) is 33.9 Å². The van der Waals surface area contributed by atoms with Crippen molar-refractivity contribution in [3.05, 3.63) is 71.2 Å². The second-order valence-electron chi connectivity index (χ2n) is 9.66. The third-order valence-corrected chi connectivity index (χ3v) is 6.84. The Morgan fingerprint density at radius 1 is 1.28 bits per heavy atom. The summed E-state index contributed by atoms with van der Waals surface area (Å²) in [5, 5.41) is 2.27. The molecule has 1 aliphatic heterocycles. The number of rotatable bonds is 8. The topological polar surface area (TPSA) is 102 Å². The SMILES string of the molecule is C=N/C=C(/COC)n1c([C@@H]2CCN(C(=O)C#CC)C2)nc(-c2ccc(C(=O)Nc3cc(C(F)(F)F)ccn3)cc2F)c1C. The summed E-state index contributed by atoms with van der Waals surface area (Å²) in [4.78, 5) is 39.2. The van der Waals surface area contributed by atoms with Gasteiger partial charge in [0, 0.05) is 55.3 Å². The maximum absolute atomic E-state index is 15.6. The molecular formula is C30H28F4N6O3. The molecule has 1 atom stereocenters. The zero-order valence-electron chi connectivity index (χ0n) is 23.6. The van der Waals surface area contributed by atoms with Crippen molar-refractivity contribution in [1.29, 1.82) is 0 Å². The molecule has 4 rings (SSSR count). The summed E-state index contributed by atoms with van der Waals surface area (Å²) in [6, 6.07) is 5.16. The molecule has 1 aromatic carbocycles. The number of halogens is 4. The zero-order valence-corrected chi connectivity index (χ0v) is 23.6. The van der Waals surface area contributed by atoms with Gasteiger partial charge in [-0.1, -0.05) is 5.92 Å². The molecule has 1 aliphatic rings. The van der Waals surface area contributed by atoms with Crippen molar-refractivity contribution in [2.45, 2.75) is 32.4 Å². The number of pyridine rings is 1. The Morgan fingerprint density at radius 3 is 2.70 bits per heavy atom. The highest BCUT2D eigenvalue weighted by Gasteiger charge is 2.33. The fraction of sp³-hybridized carbons (Fsp3) is 0.300. The van der Waals surface area contributed by atoms with Gasteiger partial charge < -0.3 is 15.0 Å². The quantitative estimate of drug-likeness (QED) is 0.220. The molecule has 0 aliphatic carbocycles. The van der Waals surface area contributed by atoms with Crippen LogP contribution in [0.5, 0.6) is 0 Å². The van der Waals surface area contributed by atoms with Crippen LogP contribution >= 0.6 is 0 Å². The third-order valence-electron chi connectivity index (χ3n) is 6.84. The molecule has 0 saturated carbocycles. The minimum Gasteiger partial charge on any atom is -0.378 e. The molecule has 1 fully saturated rings. The lowest BCUT2D eigenvalue weighted by molar-refractivity contribution is -0.137. The maximum Gasteiger partial charge on any atom is 0.416 e. The number of ether oxygens (including phenoxy) is 1. The van der Waals surface area contributed by atoms with Gasteiger partial charge in [-0.05, 0) is 63.2 Å². The number of carbonyl (C=O) groups excluding carboxylic acids is 2. The van der Waals surface area contributed by atoms with Crippen molar-refractivity contribution in [3.8, 4) is 23.1 Å². The molecule has 1 saturated heterocycles. The molecule has 224 valence electrons. The monoisotopic (exact) mass is 596 g/mol. The fourth-order valence-corrected chi connectivity index (χ4v) is 4.88. The van der Waals surface area contributed by atoms with Crippen LogP contribution in [0.4, 0.5) is 23.4 Å². The van der Waals surface area contributed by atoms with Gasteiger partial charge in [-0.3, -0.25) is 19.1 Å². The van der Waals surface area contributed by atoms with E-state index >= 15 is 4.39 Å². The van der Waals surface area contributed by atoms with E-state index in [0.29, 0.717) is 48.5 Å². The summed E-state index contributed by atoms with van der Waals surface area (Å²) in [5.74, 6) is 3.29. The fourth-order valence-electron chi connectivity index (χ4n) is 4.88. The summed E-state index contributed by atoms with van der Waals surface area (Å²) >= 11 is 0. The minimum absolute atomic E-state index is 0.0948. The Balaban J connectivity index is 1.69. The van der Waals surface area contributed by atoms with E-state index in [1.165, 1.54) is 25.4 Å². The number of hydrogen-bond donors (Lipinski definition) is 1. The molecule has 2 amide bonds. The second kappa shape index (κ2) is 13.0. The number of nitrogens with one attached hydrogen (secondary N) is 1. The number of methoxy groups -OCH3 is 1. The van der Waals surface area contributed by atoms with Gasteiger partial charge in [0.05, 0.1) is 23.6 Å². The molecule has 0 unspecified atom stereocenters. The molecule has 1 N–H and O–H groups in total. The van der Waals surface area contributed by atoms with Crippen molar-refractivity contribution in [3.63, 3.8) is 0 Å². The highest BCUT2D eigenvalue weighted by Crippen LogP contribution is 2.35. The summed E-state index contributed by atoms with van der Waals surface area (Å²) in [5.41, 5.74) is 0.426. The Kier molecular flexibility index (Phi) is 9.40. The van der Waals surface area contributed by atoms with E-state index in [1.807, 2.05) is 0 Å². The number of nitrogens with zero attached hydrogens (tertiary/aromatic N) is 5. The first-order valence-corrected chi connectivity index (χ1v) is 13.1. The average molecular weight is 597 g/mol. The first kappa shape index (κ1) is 31.1. The number of amides is 2. The molecular weight excluding hydrogens is 568 g/mol. The molecule has 13 heteroatoms. The van der Waals surface area contributed by atoms with Gasteiger partial charge in [-0.15, -0.1) is 0 Å². The predicted molar refractivity (Wildman–Crippen MR) is 153 cm³/mol. The highest BCUT2D eigenvalue weighted by atomic mass is 19.4. The summed E-state index contributed by atoms with van der Waals surface area (Å²) < 4.78 is 61.8. The summed E-state index contributed by atoms with van der Waals surface area (Å²) in [6.45, 7) is 7.84. The Morgan fingerprint density at radius 2 is 2.05 bits per heavy atom. The molecule has 3 aromatic rings. The highest BCUT2D eigenvalue weighted by molar-refractivity contribution is 6.04. The van der Waals surface area contributed by atoms with Gasteiger partial charge in [0.1, 0.15) is 17.5 Å². The van der Waals surface area contributed by atoms with Gasteiger partial charge in [-0.25, -0.2) is 14.4 Å². The number of hydrogen-bond acceptors (Lipinski definition) is 6. The predicted octanol–water partition coefficient (Wildman–Crippen LogP) is 5.15. The average Bonchev–Trinajstić information content (AvgIpc) is 3.58. The van der Waals surface area contributed by atoms with Gasteiger partial charge in [0.25, 0.3) is 11.8 Å². The molecule has 0 spiro atoms. The summed E-state index contributed by atoms with van der Waals surface area (Å²) in [7, 11) is 1.52. The first-order valence-electron chi connectivity index (χ1n) is 13.1. The van der Waals surface area contributed by atoms with Crippen LogP contribution in [0.3, 0.4) is 0 Å². The number of benzene rings is 1. The third kappa shape index (κ3) is 6.81. The molecule has 3 heterocycles. The van der Waals surface area contributed by atoms with E-state index < -0.39 is 23.5 Å². The standard InChI is InChI=1S/C30H28F4N6O3/c1-5-6-26(41)39-12-10-20(16-39)28-38-27(18(2)40(28)22(15-35-3)17-43-4)23-8-7-19(13-24(23)31)29(42)37-25-14-21(9-11-36-25)30(32,33)34/h7-9,11,13-15,20H,3,10,12,16-17H2,1-2,4H3,(H,36,37,42)/b22-15-/t20-/m1/s1. The number of anilines is 1. The smallest absolute Gasteiger partial charge is 0.378 e. The Labute approximate surface area is 245 Å². The van der Waals surface area contributed by atoms with Crippen molar-refractivity contribution < 1.29 is 31.9 Å². The van der Waals surface area contributed by atoms with Gasteiger partial charge >= 0.3 is 6.18 Å². The van der Waals surface area contributed by atoms with Crippen LogP contribution in [0, 0.1) is 24.6 Å². The lowest BCUT2D eigenvalue weighted by Gasteiger charge is -2.17. The van der Waals surface area contributed by atoms with Crippen molar-refractivity contribution >= 4 is 30.0 Å². The van der Waals surface area contributed by atoms with Crippen LogP contribution in [-0.2, 0) is 15.7 Å². The van der Waals surface area contributed by atoms with E-state index in [4.69, 9.17) is 9.72 Å². The number of likely N-dealkylation sites (tertiary alicyclic amines) is 1. The zero-order chi connectivity index (χ0) is 31.3. The molecule has 9 nitrogen and oxygen atoms in total. The van der Waals surface area contributed by atoms with Crippen LogP contribution in [0.15, 0.2) is 47.7 Å². The van der Waals surface area contributed by atoms with E-state index in [0.717, 1.165) is 18.3 Å². The minimum atomic E-state index is -4.62. The number of aromatic nitrogens is 3. The summed E-state index contributed by atoms with van der Waals surface area (Å²) in [6.07, 6.45) is -1.59. The van der Waals surface area contributed by atoms with Crippen LogP contribution < -0.4 is 5.32 Å². The van der Waals surface area contributed by atoms with Crippen LogP contribution in [-0.4, -0.2) is 64.8 Å². The molecule has 43 heavy (non-hydrogen) atoms. The van der Waals surface area contributed by atoms with Crippen molar-refractivity contribution in [1.82, 2.24) is 19.4 Å². The normalized spacial score (nSPS) is 15.2. The number of alkyl halides is 3. The Hall–Kier alpha value is -4.83. The van der Waals surface area contributed by atoms with Crippen molar-refractivity contribution in [2.75, 3.05) is 32.1 Å². The number of carbonyl (C=O) groups is 2. The lowest BCUT2D eigenvalue weighted by atomic mass is 10.1. The van der Waals surface area contributed by atoms with Gasteiger partial charge in [0.15, 0.2) is 0 Å². The lowest BCUT2D eigenvalue weighted by Crippen LogP contribution is -2.27. The largest absolute Gasteiger partial charge is 0.416 e. The second-order valence-corrected chi connectivity index (χ2v) is 9.66. The molecule has 0 bridgehead atoms. The molecule has 2 aromatic heterocycles. The van der Waals surface area contributed by atoms with Crippen LogP contribution in [0.1, 0.15) is 46.7 Å². The Bertz CT molecular complexity index is 1650. The number of imidazole rings is 1. The van der Waals surface area contributed by atoms with Crippen molar-refractivity contribution in [2.24, 2.45) is 4.99 Å².